The van der Waals surface area contributed by atoms with Crippen LogP contribution < -0.4 is 4.74 Å². The molecule has 0 amide bonds. The summed E-state index contributed by atoms with van der Waals surface area (Å²) >= 11 is 1.68. The minimum atomic E-state index is -0.389. The summed E-state index contributed by atoms with van der Waals surface area (Å²) in [7, 11) is 0. The lowest BCUT2D eigenvalue weighted by Crippen LogP contribution is -1.93. The molecule has 23 heavy (non-hydrogen) atoms. The second kappa shape index (κ2) is 7.16. The van der Waals surface area contributed by atoms with Gasteiger partial charge in [0.2, 0.25) is 0 Å². The van der Waals surface area contributed by atoms with Crippen molar-refractivity contribution in [1.29, 1.82) is 0 Å². The van der Waals surface area contributed by atoms with Crippen molar-refractivity contribution in [2.24, 2.45) is 0 Å². The van der Waals surface area contributed by atoms with E-state index < -0.39 is 0 Å². The average Bonchev–Trinajstić information content (AvgIpc) is 2.98. The van der Waals surface area contributed by atoms with E-state index in [4.69, 9.17) is 4.74 Å². The molecule has 0 aliphatic rings. The maximum atomic E-state index is 9.71. The highest BCUT2D eigenvalue weighted by atomic mass is 32.1. The van der Waals surface area contributed by atoms with Crippen LogP contribution in [0, 0.1) is 0 Å². The number of fused-ring (bicyclic) bond motifs is 1. The van der Waals surface area contributed by atoms with Gasteiger partial charge in [-0.3, -0.25) is 0 Å². The highest BCUT2D eigenvalue weighted by molar-refractivity contribution is 7.19. The van der Waals surface area contributed by atoms with Crippen LogP contribution in [0.5, 0.6) is 5.75 Å². The monoisotopic (exact) mass is 326 g/mol. The topological polar surface area (TPSA) is 29.5 Å². The van der Waals surface area contributed by atoms with Crippen LogP contribution in [0.1, 0.15) is 36.0 Å². The van der Waals surface area contributed by atoms with Crippen LogP contribution in [0.4, 0.5) is 0 Å². The first kappa shape index (κ1) is 16.0. The lowest BCUT2D eigenvalue weighted by atomic mass is 10.0. The van der Waals surface area contributed by atoms with E-state index in [-0.39, 0.29) is 6.10 Å². The van der Waals surface area contributed by atoms with E-state index in [0.717, 1.165) is 23.5 Å². The smallest absolute Gasteiger partial charge is 0.119 e. The van der Waals surface area contributed by atoms with Crippen molar-refractivity contribution in [2.45, 2.75) is 32.8 Å². The molecule has 0 aliphatic carbocycles. The molecule has 2 nitrogen and oxygen atoms in total. The van der Waals surface area contributed by atoms with Crippen LogP contribution in [0.2, 0.25) is 0 Å². The molecule has 0 spiro atoms. The molecule has 0 radical (unpaired) electrons. The summed E-state index contributed by atoms with van der Waals surface area (Å²) in [6, 6.07) is 17.0. The molecule has 0 saturated heterocycles. The molecule has 0 fully saturated rings. The lowest BCUT2D eigenvalue weighted by molar-refractivity contribution is 0.203. The lowest BCUT2D eigenvalue weighted by Gasteiger charge is -2.05. The quantitative estimate of drug-likeness (QED) is 0.680. The van der Waals surface area contributed by atoms with E-state index in [9.17, 15) is 5.11 Å². The van der Waals surface area contributed by atoms with Gasteiger partial charge in [0, 0.05) is 9.58 Å². The van der Waals surface area contributed by atoms with E-state index in [1.54, 1.807) is 11.3 Å². The molecule has 120 valence electrons. The molecule has 1 unspecified atom stereocenters. The largest absolute Gasteiger partial charge is 0.494 e. The minimum Gasteiger partial charge on any atom is -0.494 e. The average molecular weight is 326 g/mol. The molecule has 2 aromatic carbocycles. The van der Waals surface area contributed by atoms with Gasteiger partial charge in [-0.05, 0) is 67.5 Å². The zero-order valence-electron chi connectivity index (χ0n) is 13.6. The Balaban J connectivity index is 1.68. The third-order valence-corrected chi connectivity index (χ3v) is 5.22. The van der Waals surface area contributed by atoms with Gasteiger partial charge in [0.1, 0.15) is 5.75 Å². The van der Waals surface area contributed by atoms with Crippen molar-refractivity contribution < 1.29 is 9.84 Å². The second-order valence-corrected chi connectivity index (χ2v) is 6.89. The van der Waals surface area contributed by atoms with Crippen LogP contribution in [-0.2, 0) is 12.8 Å². The number of aliphatic hydroxyl groups is 1. The van der Waals surface area contributed by atoms with Crippen LogP contribution >= 0.6 is 11.3 Å². The molecule has 1 N–H and O–H groups in total. The molecule has 1 aromatic heterocycles. The van der Waals surface area contributed by atoms with Crippen molar-refractivity contribution in [3.8, 4) is 5.75 Å². The fraction of sp³-hybridized carbons (Fsp3) is 0.300. The maximum absolute atomic E-state index is 9.71. The number of hydrogen-bond donors (Lipinski definition) is 1. The summed E-state index contributed by atoms with van der Waals surface area (Å²) < 4.78 is 6.73. The number of aliphatic hydroxyl groups excluding tert-OH is 1. The first-order chi connectivity index (χ1) is 11.2. The van der Waals surface area contributed by atoms with Crippen molar-refractivity contribution in [2.75, 3.05) is 6.61 Å². The molecular weight excluding hydrogens is 304 g/mol. The van der Waals surface area contributed by atoms with Gasteiger partial charge >= 0.3 is 0 Å². The van der Waals surface area contributed by atoms with E-state index in [2.05, 4.69) is 36.4 Å². The number of thiophene rings is 1. The van der Waals surface area contributed by atoms with Gasteiger partial charge in [0.15, 0.2) is 0 Å². The van der Waals surface area contributed by atoms with Crippen LogP contribution in [0.25, 0.3) is 10.1 Å². The Hall–Kier alpha value is -1.84. The molecular formula is C20H22O2S. The number of benzene rings is 2. The van der Waals surface area contributed by atoms with Gasteiger partial charge in [-0.1, -0.05) is 24.3 Å². The van der Waals surface area contributed by atoms with Crippen molar-refractivity contribution in [3.05, 3.63) is 64.5 Å². The Kier molecular flexibility index (Phi) is 4.99. The number of rotatable bonds is 6. The minimum absolute atomic E-state index is 0.389. The fourth-order valence-electron chi connectivity index (χ4n) is 2.67. The molecule has 3 rings (SSSR count). The number of hydrogen-bond acceptors (Lipinski definition) is 3. The van der Waals surface area contributed by atoms with Gasteiger partial charge in [-0.15, -0.1) is 11.3 Å². The van der Waals surface area contributed by atoms with Crippen LogP contribution in [0.3, 0.4) is 0 Å². The van der Waals surface area contributed by atoms with Gasteiger partial charge in [0.05, 0.1) is 12.7 Å². The summed E-state index contributed by atoms with van der Waals surface area (Å²) in [4.78, 5) is 1.03. The third-order valence-electron chi connectivity index (χ3n) is 3.95. The first-order valence-electron chi connectivity index (χ1n) is 8.08. The van der Waals surface area contributed by atoms with Gasteiger partial charge in [-0.2, -0.15) is 0 Å². The molecule has 1 heterocycles. The SMILES string of the molecule is CCOc1ccc(CCc2ccc3cc(C(C)O)sc3c2)cc1. The molecule has 1 atom stereocenters. The van der Waals surface area contributed by atoms with Crippen molar-refractivity contribution >= 4 is 21.4 Å². The zero-order valence-corrected chi connectivity index (χ0v) is 14.4. The summed E-state index contributed by atoms with van der Waals surface area (Å²) in [6.45, 7) is 4.52. The molecule has 3 aromatic rings. The Labute approximate surface area is 141 Å². The Bertz CT molecular complexity index is 772. The Morgan fingerprint density at radius 2 is 1.70 bits per heavy atom. The number of aryl methyl sites for hydroxylation is 2. The van der Waals surface area contributed by atoms with Gasteiger partial charge < -0.3 is 9.84 Å². The van der Waals surface area contributed by atoms with Crippen molar-refractivity contribution in [1.82, 2.24) is 0 Å². The van der Waals surface area contributed by atoms with Gasteiger partial charge in [0.25, 0.3) is 0 Å². The summed E-state index contributed by atoms with van der Waals surface area (Å²) in [5.41, 5.74) is 2.66. The van der Waals surface area contributed by atoms with E-state index >= 15 is 0 Å². The molecule has 0 saturated carbocycles. The zero-order chi connectivity index (χ0) is 16.2. The molecule has 3 heteroatoms. The third kappa shape index (κ3) is 3.92. The van der Waals surface area contributed by atoms with Crippen LogP contribution in [-0.4, -0.2) is 11.7 Å². The first-order valence-corrected chi connectivity index (χ1v) is 8.89. The van der Waals surface area contributed by atoms with E-state index in [1.165, 1.54) is 21.2 Å². The maximum Gasteiger partial charge on any atom is 0.119 e. The second-order valence-electron chi connectivity index (χ2n) is 5.77. The fourth-order valence-corrected chi connectivity index (χ4v) is 3.73. The Morgan fingerprint density at radius 3 is 2.39 bits per heavy atom. The van der Waals surface area contributed by atoms with Gasteiger partial charge in [-0.25, -0.2) is 0 Å². The van der Waals surface area contributed by atoms with E-state index in [0.29, 0.717) is 6.61 Å². The summed E-state index contributed by atoms with van der Waals surface area (Å²) in [5, 5.41) is 10.9. The Morgan fingerprint density at radius 1 is 1.00 bits per heavy atom. The molecule has 0 aliphatic heterocycles. The predicted octanol–water partition coefficient (Wildman–Crippen LogP) is 5.14. The highest BCUT2D eigenvalue weighted by Gasteiger charge is 2.07. The molecule has 0 bridgehead atoms. The normalized spacial score (nSPS) is 12.5. The number of ether oxygens (including phenoxy) is 1. The standard InChI is InChI=1S/C20H22O2S/c1-3-22-18-10-7-15(8-11-18)4-5-16-6-9-17-13-19(14(2)21)23-20(17)12-16/h6-14,21H,3-5H2,1-2H3. The predicted molar refractivity (Wildman–Crippen MR) is 97.5 cm³/mol. The summed E-state index contributed by atoms with van der Waals surface area (Å²) in [5.74, 6) is 0.932. The van der Waals surface area contributed by atoms with E-state index in [1.807, 2.05) is 26.0 Å². The highest BCUT2D eigenvalue weighted by Crippen LogP contribution is 2.30. The summed E-state index contributed by atoms with van der Waals surface area (Å²) in [6.07, 6.45) is 1.65. The van der Waals surface area contributed by atoms with Crippen molar-refractivity contribution in [3.63, 3.8) is 0 Å². The van der Waals surface area contributed by atoms with Crippen LogP contribution in [0.15, 0.2) is 48.5 Å².